The Morgan fingerprint density at radius 2 is 1.48 bits per heavy atom. The van der Waals surface area contributed by atoms with E-state index in [0.29, 0.717) is 11.1 Å². The monoisotopic (exact) mass is 441 g/mol. The van der Waals surface area contributed by atoms with Crippen molar-refractivity contribution in [1.29, 1.82) is 0 Å². The molecule has 162 valence electrons. The molecule has 5 rings (SSSR count). The van der Waals surface area contributed by atoms with E-state index in [1.165, 1.54) is 42.5 Å². The van der Waals surface area contributed by atoms with Crippen LogP contribution in [0.15, 0.2) is 96.6 Å². The molecule has 0 spiro atoms. The van der Waals surface area contributed by atoms with Crippen LogP contribution in [0.3, 0.4) is 0 Å². The maximum Gasteiger partial charge on any atom is 0.300 e. The molecule has 33 heavy (non-hydrogen) atoms. The van der Waals surface area contributed by atoms with Crippen LogP contribution in [0.1, 0.15) is 17.2 Å². The molecule has 1 N–H and O–H groups in total. The average Bonchev–Trinajstić information content (AvgIpc) is 3.09. The molecule has 0 bridgehead atoms. The number of halogens is 2. The van der Waals surface area contributed by atoms with Crippen molar-refractivity contribution in [3.63, 3.8) is 0 Å². The molecule has 1 heterocycles. The van der Waals surface area contributed by atoms with Crippen LogP contribution in [0.2, 0.25) is 0 Å². The highest BCUT2D eigenvalue weighted by Gasteiger charge is 2.47. The molecule has 0 aliphatic carbocycles. The van der Waals surface area contributed by atoms with Gasteiger partial charge in [0.15, 0.2) is 0 Å². The zero-order valence-electron chi connectivity index (χ0n) is 17.2. The van der Waals surface area contributed by atoms with Crippen LogP contribution in [0.5, 0.6) is 0 Å². The second kappa shape index (κ2) is 7.98. The lowest BCUT2D eigenvalue weighted by molar-refractivity contribution is -0.132. The third-order valence-corrected chi connectivity index (χ3v) is 5.74. The van der Waals surface area contributed by atoms with Gasteiger partial charge in [-0.2, -0.15) is 0 Å². The van der Waals surface area contributed by atoms with E-state index in [1.807, 2.05) is 24.3 Å². The van der Waals surface area contributed by atoms with E-state index in [1.54, 1.807) is 18.2 Å². The number of hydrogen-bond acceptors (Lipinski definition) is 3. The number of nitrogens with zero attached hydrogens (tertiary/aromatic N) is 1. The van der Waals surface area contributed by atoms with E-state index in [2.05, 4.69) is 0 Å². The predicted molar refractivity (Wildman–Crippen MR) is 122 cm³/mol. The van der Waals surface area contributed by atoms with Gasteiger partial charge in [0.2, 0.25) is 0 Å². The van der Waals surface area contributed by atoms with Crippen molar-refractivity contribution in [2.45, 2.75) is 6.04 Å². The third-order valence-electron chi connectivity index (χ3n) is 5.74. The fourth-order valence-corrected chi connectivity index (χ4v) is 4.18. The van der Waals surface area contributed by atoms with Crippen molar-refractivity contribution in [1.82, 2.24) is 0 Å². The summed E-state index contributed by atoms with van der Waals surface area (Å²) in [5.41, 5.74) is 0.774. The Labute approximate surface area is 188 Å². The molecular formula is C27H17F2NO3. The Kier molecular flexibility index (Phi) is 4.98. The highest BCUT2D eigenvalue weighted by molar-refractivity contribution is 6.51. The normalized spacial score (nSPS) is 17.6. The third kappa shape index (κ3) is 3.55. The summed E-state index contributed by atoms with van der Waals surface area (Å²) in [6.07, 6.45) is 0. The molecule has 4 nitrogen and oxygen atoms in total. The van der Waals surface area contributed by atoms with E-state index >= 15 is 0 Å². The van der Waals surface area contributed by atoms with Crippen LogP contribution in [0.4, 0.5) is 14.5 Å². The first-order chi connectivity index (χ1) is 15.9. The summed E-state index contributed by atoms with van der Waals surface area (Å²) in [7, 11) is 0. The van der Waals surface area contributed by atoms with Crippen LogP contribution in [-0.2, 0) is 9.59 Å². The molecular weight excluding hydrogens is 424 g/mol. The maximum absolute atomic E-state index is 14.0. The zero-order chi connectivity index (χ0) is 23.1. The summed E-state index contributed by atoms with van der Waals surface area (Å²) in [5, 5.41) is 13.0. The van der Waals surface area contributed by atoms with Gasteiger partial charge in [-0.15, -0.1) is 0 Å². The van der Waals surface area contributed by atoms with E-state index in [9.17, 15) is 23.5 Å². The van der Waals surface area contributed by atoms with Crippen LogP contribution in [0, 0.1) is 11.6 Å². The molecule has 4 aromatic carbocycles. The molecule has 1 amide bonds. The van der Waals surface area contributed by atoms with E-state index in [0.717, 1.165) is 21.7 Å². The summed E-state index contributed by atoms with van der Waals surface area (Å²) < 4.78 is 27.6. The van der Waals surface area contributed by atoms with Crippen LogP contribution in [0.25, 0.3) is 16.5 Å². The van der Waals surface area contributed by atoms with Gasteiger partial charge >= 0.3 is 0 Å². The Morgan fingerprint density at radius 1 is 0.758 bits per heavy atom. The lowest BCUT2D eigenvalue weighted by Gasteiger charge is -2.25. The van der Waals surface area contributed by atoms with E-state index in [-0.39, 0.29) is 17.0 Å². The second-order valence-corrected chi connectivity index (χ2v) is 7.76. The standard InChI is InChI=1S/C27H17F2NO3/c28-20-12-10-17(11-13-20)24-23(25(31)19-9-8-16-4-1-2-5-18(16)14-19)26(32)27(33)30(24)22-7-3-6-21(29)15-22/h1-15,24,31H/b25-23-. The number of ketones is 1. The average molecular weight is 441 g/mol. The quantitative estimate of drug-likeness (QED) is 0.250. The molecule has 1 atom stereocenters. The van der Waals surface area contributed by atoms with E-state index < -0.39 is 29.4 Å². The lowest BCUT2D eigenvalue weighted by atomic mass is 9.94. The highest BCUT2D eigenvalue weighted by atomic mass is 19.1. The molecule has 1 fully saturated rings. The van der Waals surface area contributed by atoms with Gasteiger partial charge in [-0.05, 0) is 52.7 Å². The van der Waals surface area contributed by atoms with Gasteiger partial charge in [-0.25, -0.2) is 8.78 Å². The molecule has 0 aromatic heterocycles. The second-order valence-electron chi connectivity index (χ2n) is 7.76. The van der Waals surface area contributed by atoms with Gasteiger partial charge in [-0.3, -0.25) is 14.5 Å². The molecule has 6 heteroatoms. The van der Waals surface area contributed by atoms with Gasteiger partial charge in [0.05, 0.1) is 11.6 Å². The molecule has 4 aromatic rings. The largest absolute Gasteiger partial charge is 0.507 e. The van der Waals surface area contributed by atoms with Gasteiger partial charge < -0.3 is 5.11 Å². The van der Waals surface area contributed by atoms with Crippen LogP contribution >= 0.6 is 0 Å². The first kappa shape index (κ1) is 20.6. The smallest absolute Gasteiger partial charge is 0.300 e. The topological polar surface area (TPSA) is 57.6 Å². The minimum absolute atomic E-state index is 0.147. The summed E-state index contributed by atoms with van der Waals surface area (Å²) in [6.45, 7) is 0. The number of carbonyl (C=O) groups excluding carboxylic acids is 2. The van der Waals surface area contributed by atoms with Crippen molar-refractivity contribution < 1.29 is 23.5 Å². The number of amides is 1. The Hall–Kier alpha value is -4.32. The van der Waals surface area contributed by atoms with Gasteiger partial charge in [0.1, 0.15) is 17.4 Å². The number of hydrogen-bond donors (Lipinski definition) is 1. The molecule has 1 aliphatic rings. The number of fused-ring (bicyclic) bond motifs is 1. The molecule has 1 unspecified atom stereocenters. The Balaban J connectivity index is 1.73. The number of Topliss-reactive ketones (excluding diaryl/α,β-unsaturated/α-hetero) is 1. The fourth-order valence-electron chi connectivity index (χ4n) is 4.18. The first-order valence-corrected chi connectivity index (χ1v) is 10.3. The number of benzene rings is 4. The number of rotatable bonds is 3. The van der Waals surface area contributed by atoms with Crippen molar-refractivity contribution in [2.24, 2.45) is 0 Å². The number of aliphatic hydroxyl groups is 1. The van der Waals surface area contributed by atoms with E-state index in [4.69, 9.17) is 0 Å². The minimum atomic E-state index is -1.06. The maximum atomic E-state index is 14.0. The lowest BCUT2D eigenvalue weighted by Crippen LogP contribution is -2.29. The van der Waals surface area contributed by atoms with Crippen molar-refractivity contribution in [3.05, 3.63) is 119 Å². The summed E-state index contributed by atoms with van der Waals surface area (Å²) >= 11 is 0. The Bertz CT molecular complexity index is 1440. The predicted octanol–water partition coefficient (Wildman–Crippen LogP) is 5.74. The number of carbonyl (C=O) groups is 2. The van der Waals surface area contributed by atoms with Gasteiger partial charge in [0.25, 0.3) is 11.7 Å². The molecule has 1 saturated heterocycles. The van der Waals surface area contributed by atoms with Gasteiger partial charge in [0, 0.05) is 11.3 Å². The zero-order valence-corrected chi connectivity index (χ0v) is 17.2. The van der Waals surface area contributed by atoms with Crippen molar-refractivity contribution in [2.75, 3.05) is 4.90 Å². The fraction of sp³-hybridized carbons (Fsp3) is 0.0370. The summed E-state index contributed by atoms with van der Waals surface area (Å²) in [5.74, 6) is -3.23. The van der Waals surface area contributed by atoms with Crippen LogP contribution < -0.4 is 4.90 Å². The van der Waals surface area contributed by atoms with Crippen molar-refractivity contribution >= 4 is 33.9 Å². The number of aliphatic hydroxyl groups excluding tert-OH is 1. The van der Waals surface area contributed by atoms with Crippen LogP contribution in [-0.4, -0.2) is 16.8 Å². The molecule has 0 saturated carbocycles. The minimum Gasteiger partial charge on any atom is -0.507 e. The number of anilines is 1. The Morgan fingerprint density at radius 3 is 2.21 bits per heavy atom. The SMILES string of the molecule is O=C1C(=O)N(c2cccc(F)c2)C(c2ccc(F)cc2)/C1=C(/O)c1ccc2ccccc2c1. The molecule has 0 radical (unpaired) electrons. The summed E-state index contributed by atoms with van der Waals surface area (Å²) in [4.78, 5) is 27.3. The highest BCUT2D eigenvalue weighted by Crippen LogP contribution is 2.42. The first-order valence-electron chi connectivity index (χ1n) is 10.3. The van der Waals surface area contributed by atoms with Gasteiger partial charge in [-0.1, -0.05) is 54.6 Å². The molecule has 1 aliphatic heterocycles. The summed E-state index contributed by atoms with van der Waals surface area (Å²) in [6, 6.07) is 22.2. The van der Waals surface area contributed by atoms with Crippen molar-refractivity contribution in [3.8, 4) is 0 Å².